The van der Waals surface area contributed by atoms with Gasteiger partial charge in [-0.2, -0.15) is 0 Å². The first-order valence-corrected chi connectivity index (χ1v) is 7.31. The molecule has 0 spiro atoms. The summed E-state index contributed by atoms with van der Waals surface area (Å²) in [7, 11) is 0. The van der Waals surface area contributed by atoms with Gasteiger partial charge in [0.05, 0.1) is 12.1 Å². The van der Waals surface area contributed by atoms with Crippen LogP contribution in [0.1, 0.15) is 38.3 Å². The second-order valence-electron chi connectivity index (χ2n) is 5.29. The van der Waals surface area contributed by atoms with Crippen LogP contribution in [0.4, 0.5) is 0 Å². The van der Waals surface area contributed by atoms with Gasteiger partial charge in [-0.1, -0.05) is 29.8 Å². The topological polar surface area (TPSA) is 64.7 Å². The lowest BCUT2D eigenvalue weighted by Crippen LogP contribution is -2.26. The standard InChI is InChI=1S/C14H20BrNO3/c1-8(2)3-4-11(17)14(16)9-5-12-13(6-10(9)15)19-7-18-12/h5-6,8,11,14,17H,3-4,7,16H2,1-2H3/t11-,14+/m1/s1. The number of rotatable bonds is 5. The lowest BCUT2D eigenvalue weighted by Gasteiger charge is -2.21. The van der Waals surface area contributed by atoms with E-state index in [0.29, 0.717) is 23.8 Å². The summed E-state index contributed by atoms with van der Waals surface area (Å²) < 4.78 is 11.5. The molecule has 3 N–H and O–H groups in total. The van der Waals surface area contributed by atoms with Crippen LogP contribution >= 0.6 is 15.9 Å². The van der Waals surface area contributed by atoms with Gasteiger partial charge in [0.15, 0.2) is 11.5 Å². The molecular formula is C14H20BrNO3. The average molecular weight is 330 g/mol. The van der Waals surface area contributed by atoms with Crippen molar-refractivity contribution in [1.29, 1.82) is 0 Å². The van der Waals surface area contributed by atoms with E-state index in [-0.39, 0.29) is 6.79 Å². The van der Waals surface area contributed by atoms with Gasteiger partial charge in [0, 0.05) is 4.47 Å². The highest BCUT2D eigenvalue weighted by Crippen LogP contribution is 2.39. The maximum absolute atomic E-state index is 10.2. The molecule has 1 aliphatic heterocycles. The molecule has 2 atom stereocenters. The Kier molecular flexibility index (Phi) is 4.71. The van der Waals surface area contributed by atoms with Gasteiger partial charge in [-0.15, -0.1) is 0 Å². The van der Waals surface area contributed by atoms with E-state index in [1.807, 2.05) is 12.1 Å². The number of aliphatic hydroxyl groups excluding tert-OH is 1. The molecule has 0 saturated heterocycles. The van der Waals surface area contributed by atoms with E-state index >= 15 is 0 Å². The van der Waals surface area contributed by atoms with E-state index in [1.165, 1.54) is 0 Å². The first-order valence-electron chi connectivity index (χ1n) is 6.51. The number of aliphatic hydroxyl groups is 1. The maximum Gasteiger partial charge on any atom is 0.231 e. The lowest BCUT2D eigenvalue weighted by molar-refractivity contribution is 0.128. The zero-order valence-corrected chi connectivity index (χ0v) is 12.8. The predicted molar refractivity (Wildman–Crippen MR) is 77.3 cm³/mol. The van der Waals surface area contributed by atoms with Gasteiger partial charge in [-0.25, -0.2) is 0 Å². The van der Waals surface area contributed by atoms with Crippen LogP contribution in [-0.4, -0.2) is 18.0 Å². The molecule has 0 fully saturated rings. The monoisotopic (exact) mass is 329 g/mol. The maximum atomic E-state index is 10.2. The highest BCUT2D eigenvalue weighted by Gasteiger charge is 2.23. The van der Waals surface area contributed by atoms with Crippen molar-refractivity contribution in [2.24, 2.45) is 11.7 Å². The summed E-state index contributed by atoms with van der Waals surface area (Å²) in [6.07, 6.45) is 1.09. The summed E-state index contributed by atoms with van der Waals surface area (Å²) in [5.41, 5.74) is 6.99. The van der Waals surface area contributed by atoms with Crippen LogP contribution in [-0.2, 0) is 0 Å². The molecule has 1 aromatic rings. The minimum Gasteiger partial charge on any atom is -0.454 e. The van der Waals surface area contributed by atoms with Crippen LogP contribution in [0.3, 0.4) is 0 Å². The van der Waals surface area contributed by atoms with E-state index in [1.54, 1.807) is 0 Å². The summed E-state index contributed by atoms with van der Waals surface area (Å²) in [6, 6.07) is 3.25. The SMILES string of the molecule is CC(C)CC[C@@H](O)[C@@H](N)c1cc2c(cc1Br)OCO2. The quantitative estimate of drug-likeness (QED) is 0.871. The van der Waals surface area contributed by atoms with Gasteiger partial charge in [0.25, 0.3) is 0 Å². The van der Waals surface area contributed by atoms with E-state index < -0.39 is 12.1 Å². The molecule has 2 rings (SSSR count). The normalized spacial score (nSPS) is 16.7. The third-order valence-electron chi connectivity index (χ3n) is 3.31. The molecule has 106 valence electrons. The zero-order valence-electron chi connectivity index (χ0n) is 11.2. The second-order valence-corrected chi connectivity index (χ2v) is 6.15. The number of ether oxygens (including phenoxy) is 2. The molecule has 0 aromatic heterocycles. The van der Waals surface area contributed by atoms with Gasteiger partial charge in [-0.3, -0.25) is 0 Å². The summed E-state index contributed by atoms with van der Waals surface area (Å²) in [6.45, 7) is 4.50. The lowest BCUT2D eigenvalue weighted by atomic mass is 9.96. The van der Waals surface area contributed by atoms with Gasteiger partial charge in [0.1, 0.15) is 0 Å². The summed E-state index contributed by atoms with van der Waals surface area (Å²) in [5, 5.41) is 10.2. The predicted octanol–water partition coefficient (Wildman–Crippen LogP) is 2.97. The van der Waals surface area contributed by atoms with Crippen LogP contribution in [0, 0.1) is 5.92 Å². The first-order chi connectivity index (χ1) is 8.99. The van der Waals surface area contributed by atoms with Crippen molar-refractivity contribution in [2.75, 3.05) is 6.79 Å². The van der Waals surface area contributed by atoms with E-state index in [0.717, 1.165) is 16.5 Å². The molecule has 0 saturated carbocycles. The molecule has 0 bridgehead atoms. The molecule has 0 radical (unpaired) electrons. The van der Waals surface area contributed by atoms with Crippen molar-refractivity contribution in [1.82, 2.24) is 0 Å². The third kappa shape index (κ3) is 3.41. The smallest absolute Gasteiger partial charge is 0.231 e. The molecule has 1 aliphatic rings. The third-order valence-corrected chi connectivity index (χ3v) is 3.99. The van der Waals surface area contributed by atoms with Crippen LogP contribution < -0.4 is 15.2 Å². The first kappa shape index (κ1) is 14.6. The number of nitrogens with two attached hydrogens (primary N) is 1. The molecule has 0 aliphatic carbocycles. The van der Waals surface area contributed by atoms with Crippen molar-refractivity contribution in [3.05, 3.63) is 22.2 Å². The Morgan fingerprint density at radius 2 is 1.89 bits per heavy atom. The molecular weight excluding hydrogens is 310 g/mol. The Balaban J connectivity index is 2.12. The average Bonchev–Trinajstić information content (AvgIpc) is 2.80. The van der Waals surface area contributed by atoms with Gasteiger partial charge in [0.2, 0.25) is 6.79 Å². The van der Waals surface area contributed by atoms with Crippen molar-refractivity contribution >= 4 is 15.9 Å². The number of hydrogen-bond donors (Lipinski definition) is 2. The van der Waals surface area contributed by atoms with Crippen molar-refractivity contribution in [3.8, 4) is 11.5 Å². The molecule has 19 heavy (non-hydrogen) atoms. The number of halogens is 1. The van der Waals surface area contributed by atoms with Gasteiger partial charge in [-0.05, 0) is 36.5 Å². The Bertz CT molecular complexity index is 451. The van der Waals surface area contributed by atoms with Crippen LogP contribution in [0.5, 0.6) is 11.5 Å². The van der Waals surface area contributed by atoms with E-state index in [2.05, 4.69) is 29.8 Å². The number of fused-ring (bicyclic) bond motifs is 1. The summed E-state index contributed by atoms with van der Waals surface area (Å²) >= 11 is 3.47. The fourth-order valence-corrected chi connectivity index (χ4v) is 2.67. The highest BCUT2D eigenvalue weighted by molar-refractivity contribution is 9.10. The molecule has 4 nitrogen and oxygen atoms in total. The largest absolute Gasteiger partial charge is 0.454 e. The van der Waals surface area contributed by atoms with Crippen LogP contribution in [0.25, 0.3) is 0 Å². The summed E-state index contributed by atoms with van der Waals surface area (Å²) in [4.78, 5) is 0. The fraction of sp³-hybridized carbons (Fsp3) is 0.571. The number of benzene rings is 1. The van der Waals surface area contributed by atoms with E-state index in [4.69, 9.17) is 15.2 Å². The fourth-order valence-electron chi connectivity index (χ4n) is 2.08. The van der Waals surface area contributed by atoms with Gasteiger partial charge >= 0.3 is 0 Å². The van der Waals surface area contributed by atoms with Crippen molar-refractivity contribution < 1.29 is 14.6 Å². The molecule has 0 unspecified atom stereocenters. The molecule has 1 heterocycles. The summed E-state index contributed by atoms with van der Waals surface area (Å²) in [5.74, 6) is 1.95. The Hall–Kier alpha value is -0.780. The van der Waals surface area contributed by atoms with E-state index in [9.17, 15) is 5.11 Å². The van der Waals surface area contributed by atoms with Crippen molar-refractivity contribution in [2.45, 2.75) is 38.8 Å². The highest BCUT2D eigenvalue weighted by atomic mass is 79.9. The minimum absolute atomic E-state index is 0.233. The zero-order chi connectivity index (χ0) is 14.0. The second kappa shape index (κ2) is 6.11. The molecule has 5 heteroatoms. The van der Waals surface area contributed by atoms with Crippen LogP contribution in [0.15, 0.2) is 16.6 Å². The number of hydrogen-bond acceptors (Lipinski definition) is 4. The Labute approximate surface area is 122 Å². The van der Waals surface area contributed by atoms with Gasteiger partial charge < -0.3 is 20.3 Å². The molecule has 0 amide bonds. The Morgan fingerprint density at radius 1 is 1.26 bits per heavy atom. The minimum atomic E-state index is -0.556. The Morgan fingerprint density at radius 3 is 2.53 bits per heavy atom. The van der Waals surface area contributed by atoms with Crippen molar-refractivity contribution in [3.63, 3.8) is 0 Å². The molecule has 1 aromatic carbocycles. The van der Waals surface area contributed by atoms with Crippen LogP contribution in [0.2, 0.25) is 0 Å².